The largest absolute Gasteiger partial charge is 0.462 e. The summed E-state index contributed by atoms with van der Waals surface area (Å²) in [6.07, 6.45) is -2.93. The summed E-state index contributed by atoms with van der Waals surface area (Å²) < 4.78 is 23.7. The van der Waals surface area contributed by atoms with Crippen LogP contribution in [-0.4, -0.2) is 70.7 Å². The minimum absolute atomic E-state index is 0.0709. The topological polar surface area (TPSA) is 146 Å². The summed E-state index contributed by atoms with van der Waals surface area (Å²) in [6, 6.07) is 0. The highest BCUT2D eigenvalue weighted by Gasteiger charge is 2.72. The van der Waals surface area contributed by atoms with Gasteiger partial charge in [0.15, 0.2) is 6.10 Å². The lowest BCUT2D eigenvalue weighted by Crippen LogP contribution is -2.63. The number of hydrogen-bond donors (Lipinski definition) is 2. The van der Waals surface area contributed by atoms with E-state index in [0.717, 1.165) is 0 Å². The Labute approximate surface area is 249 Å². The van der Waals surface area contributed by atoms with Crippen molar-refractivity contribution >= 4 is 23.9 Å². The predicted molar refractivity (Wildman–Crippen MR) is 153 cm³/mol. The van der Waals surface area contributed by atoms with Gasteiger partial charge in [-0.2, -0.15) is 0 Å². The van der Waals surface area contributed by atoms with E-state index in [-0.39, 0.29) is 31.1 Å². The highest BCUT2D eigenvalue weighted by molar-refractivity contribution is 5.70. The molecule has 0 amide bonds. The molecular weight excluding hydrogens is 544 g/mol. The lowest BCUT2D eigenvalue weighted by Gasteiger charge is -2.58. The number of allylic oxidation sites excluding steroid dienone is 1. The van der Waals surface area contributed by atoms with Gasteiger partial charge in [-0.1, -0.05) is 47.6 Å². The van der Waals surface area contributed by atoms with E-state index in [4.69, 9.17) is 18.9 Å². The van der Waals surface area contributed by atoms with E-state index in [1.807, 2.05) is 47.6 Å². The fraction of sp³-hybridized carbons (Fsp3) is 0.812. The lowest BCUT2D eigenvalue weighted by atomic mass is 9.49. The Kier molecular flexibility index (Phi) is 10.6. The second kappa shape index (κ2) is 13.0. The van der Waals surface area contributed by atoms with E-state index in [1.165, 1.54) is 13.8 Å². The van der Waals surface area contributed by atoms with Gasteiger partial charge in [-0.25, -0.2) is 0 Å². The Morgan fingerprint density at radius 2 is 1.45 bits per heavy atom. The van der Waals surface area contributed by atoms with Crippen molar-refractivity contribution in [1.82, 2.24) is 0 Å². The van der Waals surface area contributed by atoms with E-state index in [1.54, 1.807) is 6.92 Å². The highest BCUT2D eigenvalue weighted by atomic mass is 16.6. The average molecular weight is 595 g/mol. The molecule has 42 heavy (non-hydrogen) atoms. The number of ether oxygens (including phenoxy) is 4. The Balaban J connectivity index is 2.30. The van der Waals surface area contributed by atoms with Gasteiger partial charge in [0.1, 0.15) is 30.5 Å². The molecule has 2 saturated carbocycles. The van der Waals surface area contributed by atoms with Crippen LogP contribution in [-0.2, 0) is 38.1 Å². The smallest absolute Gasteiger partial charge is 0.306 e. The van der Waals surface area contributed by atoms with Crippen LogP contribution in [0, 0.1) is 34.5 Å². The number of carbonyl (C=O) groups is 4. The number of aliphatic hydroxyl groups is 2. The Bertz CT molecular complexity index is 1070. The van der Waals surface area contributed by atoms with E-state index in [2.05, 4.69) is 0 Å². The first-order valence-corrected chi connectivity index (χ1v) is 15.3. The maximum Gasteiger partial charge on any atom is 0.306 e. The molecule has 2 fully saturated rings. The van der Waals surface area contributed by atoms with Crippen LogP contribution in [0.25, 0.3) is 0 Å². The normalized spacial score (nSPS) is 39.3. The number of fused-ring (bicyclic) bond motifs is 3. The molecule has 0 aromatic carbocycles. The third-order valence-corrected chi connectivity index (χ3v) is 9.91. The SMILES string of the molecule is CCCC(=O)OC1C(C(C)C)C2C3C=C(C)C(O)C(OC(C)=O)C(OC(=O)CCC)C3(C)CC(OC(C)=O)C2(C)C1O. The maximum atomic E-state index is 13.0. The van der Waals surface area contributed by atoms with E-state index in [0.29, 0.717) is 18.4 Å². The predicted octanol–water partition coefficient (Wildman–Crippen LogP) is 3.89. The Morgan fingerprint density at radius 3 is 1.95 bits per heavy atom. The van der Waals surface area contributed by atoms with Crippen molar-refractivity contribution in [3.63, 3.8) is 0 Å². The molecule has 10 heteroatoms. The summed E-state index contributed by atoms with van der Waals surface area (Å²) in [5.74, 6) is -3.40. The van der Waals surface area contributed by atoms with Crippen LogP contribution < -0.4 is 0 Å². The van der Waals surface area contributed by atoms with Crippen LogP contribution in [0.15, 0.2) is 11.6 Å². The van der Waals surface area contributed by atoms with Crippen molar-refractivity contribution in [2.24, 2.45) is 34.5 Å². The molecule has 0 aliphatic heterocycles. The first-order chi connectivity index (χ1) is 19.5. The Morgan fingerprint density at radius 1 is 0.905 bits per heavy atom. The second-order valence-corrected chi connectivity index (χ2v) is 13.3. The second-order valence-electron chi connectivity index (χ2n) is 13.3. The van der Waals surface area contributed by atoms with Crippen LogP contribution in [0.1, 0.15) is 94.4 Å². The summed E-state index contributed by atoms with van der Waals surface area (Å²) in [7, 11) is 0. The van der Waals surface area contributed by atoms with Crippen molar-refractivity contribution < 1.29 is 48.3 Å². The number of carbonyl (C=O) groups excluding carboxylic acids is 4. The van der Waals surface area contributed by atoms with Crippen LogP contribution in [0.5, 0.6) is 0 Å². The zero-order valence-electron chi connectivity index (χ0n) is 26.5. The summed E-state index contributed by atoms with van der Waals surface area (Å²) in [5.41, 5.74) is -1.53. The molecule has 3 aliphatic carbocycles. The molecule has 0 bridgehead atoms. The highest BCUT2D eigenvalue weighted by Crippen LogP contribution is 2.67. The molecule has 11 unspecified atom stereocenters. The zero-order chi connectivity index (χ0) is 31.7. The fourth-order valence-electron chi connectivity index (χ4n) is 8.00. The van der Waals surface area contributed by atoms with Crippen molar-refractivity contribution in [2.45, 2.75) is 131 Å². The Hall–Kier alpha value is -2.46. The van der Waals surface area contributed by atoms with Gasteiger partial charge in [-0.15, -0.1) is 0 Å². The average Bonchev–Trinajstić information content (AvgIpc) is 3.06. The van der Waals surface area contributed by atoms with Crippen LogP contribution in [0.2, 0.25) is 0 Å². The third-order valence-electron chi connectivity index (χ3n) is 9.91. The lowest BCUT2D eigenvalue weighted by molar-refractivity contribution is -0.222. The molecule has 10 nitrogen and oxygen atoms in total. The molecule has 11 atom stereocenters. The summed E-state index contributed by atoms with van der Waals surface area (Å²) in [5, 5.41) is 23.5. The summed E-state index contributed by atoms with van der Waals surface area (Å²) in [4.78, 5) is 50.6. The van der Waals surface area contributed by atoms with Gasteiger partial charge in [-0.3, -0.25) is 19.2 Å². The number of rotatable bonds is 9. The number of hydrogen-bond acceptors (Lipinski definition) is 10. The fourth-order valence-corrected chi connectivity index (χ4v) is 8.00. The molecule has 3 rings (SSSR count). The molecule has 0 saturated heterocycles. The summed E-state index contributed by atoms with van der Waals surface area (Å²) in [6.45, 7) is 15.8. The quantitative estimate of drug-likeness (QED) is 0.229. The molecule has 0 radical (unpaired) electrons. The van der Waals surface area contributed by atoms with Gasteiger partial charge >= 0.3 is 23.9 Å². The van der Waals surface area contributed by atoms with Gasteiger partial charge in [0.2, 0.25) is 0 Å². The number of esters is 4. The van der Waals surface area contributed by atoms with Crippen LogP contribution >= 0.6 is 0 Å². The molecule has 238 valence electrons. The monoisotopic (exact) mass is 594 g/mol. The van der Waals surface area contributed by atoms with Gasteiger partial charge in [-0.05, 0) is 49.5 Å². The van der Waals surface area contributed by atoms with Crippen molar-refractivity contribution in [3.05, 3.63) is 11.6 Å². The summed E-state index contributed by atoms with van der Waals surface area (Å²) >= 11 is 0. The third kappa shape index (κ3) is 6.11. The van der Waals surface area contributed by atoms with E-state index >= 15 is 0 Å². The number of aliphatic hydroxyl groups excluding tert-OH is 2. The first-order valence-electron chi connectivity index (χ1n) is 15.3. The first kappa shape index (κ1) is 34.0. The van der Waals surface area contributed by atoms with Crippen molar-refractivity contribution in [1.29, 1.82) is 0 Å². The van der Waals surface area contributed by atoms with Crippen molar-refractivity contribution in [3.8, 4) is 0 Å². The van der Waals surface area contributed by atoms with Gasteiger partial charge in [0, 0.05) is 43.4 Å². The molecular formula is C32H50O10. The minimum atomic E-state index is -1.27. The van der Waals surface area contributed by atoms with Crippen LogP contribution in [0.3, 0.4) is 0 Å². The van der Waals surface area contributed by atoms with Gasteiger partial charge in [0.05, 0.1) is 0 Å². The molecule has 0 spiro atoms. The van der Waals surface area contributed by atoms with Gasteiger partial charge < -0.3 is 29.2 Å². The molecule has 3 aliphatic rings. The van der Waals surface area contributed by atoms with E-state index in [9.17, 15) is 29.4 Å². The molecule has 0 aromatic heterocycles. The molecule has 0 aromatic rings. The van der Waals surface area contributed by atoms with E-state index < -0.39 is 83.2 Å². The maximum absolute atomic E-state index is 13.0. The zero-order valence-corrected chi connectivity index (χ0v) is 26.5. The molecule has 2 N–H and O–H groups in total. The molecule has 0 heterocycles. The van der Waals surface area contributed by atoms with Crippen molar-refractivity contribution in [2.75, 3.05) is 0 Å². The van der Waals surface area contributed by atoms with Crippen LogP contribution in [0.4, 0.5) is 0 Å². The van der Waals surface area contributed by atoms with Gasteiger partial charge in [0.25, 0.3) is 0 Å². The standard InChI is InChI=1S/C32H50O10/c1-10-12-22(35)41-27-24(16(3)4)25-20-14-17(5)26(37)28(40-19(7)34)30(42-23(36)13-11-2)31(20,8)15-21(39-18(6)33)32(25,9)29(27)38/h14,16,20-21,24-30,37-38H,10-13,15H2,1-9H3. The minimum Gasteiger partial charge on any atom is -0.462 e.